The molecule has 606 valence electrons. The zero-order valence-corrected chi connectivity index (χ0v) is 69.0. The van der Waals surface area contributed by atoms with Gasteiger partial charge in [-0.05, 0) is 49.4 Å². The van der Waals surface area contributed by atoms with Crippen molar-refractivity contribution >= 4 is 39.5 Å². The molecule has 6 atom stereocenters. The summed E-state index contributed by atoms with van der Waals surface area (Å²) in [5.74, 6) is 1.02. The van der Waals surface area contributed by atoms with Crippen molar-refractivity contribution in [3.63, 3.8) is 0 Å². The van der Waals surface area contributed by atoms with E-state index in [4.69, 9.17) is 37.0 Å². The highest BCUT2D eigenvalue weighted by molar-refractivity contribution is 7.47. The number of rotatable bonds is 80. The Kier molecular flexibility index (Phi) is 70.6. The van der Waals surface area contributed by atoms with E-state index in [-0.39, 0.29) is 25.7 Å². The lowest BCUT2D eigenvalue weighted by atomic mass is 9.99. The van der Waals surface area contributed by atoms with Crippen LogP contribution in [0.3, 0.4) is 0 Å². The lowest BCUT2D eigenvalue weighted by Crippen LogP contribution is -2.30. The number of carbonyl (C=O) groups excluding carboxylic acids is 4. The zero-order chi connectivity index (χ0) is 75.3. The van der Waals surface area contributed by atoms with Gasteiger partial charge in [-0.3, -0.25) is 37.3 Å². The van der Waals surface area contributed by atoms with Gasteiger partial charge < -0.3 is 33.8 Å². The van der Waals surface area contributed by atoms with Gasteiger partial charge in [-0.2, -0.15) is 0 Å². The summed E-state index contributed by atoms with van der Waals surface area (Å²) in [6.45, 7) is 14.3. The van der Waals surface area contributed by atoms with Crippen molar-refractivity contribution in [3.8, 4) is 0 Å². The Morgan fingerprint density at radius 2 is 0.471 bits per heavy atom. The lowest BCUT2D eigenvalue weighted by Gasteiger charge is -2.21. The molecule has 4 unspecified atom stereocenters. The van der Waals surface area contributed by atoms with Crippen LogP contribution in [-0.4, -0.2) is 96.7 Å². The summed E-state index contributed by atoms with van der Waals surface area (Å²) in [5.41, 5.74) is 0. The standard InChI is InChI=1S/C83H162O17P2/c1-9-76(8)62-54-46-38-30-24-18-14-12-10-11-13-15-19-26-32-40-49-57-65-82(87)99-78(69-93-80(85)63-55-47-39-31-25-20-16-17-22-28-35-43-51-59-73(2)3)71-97-101(89,90)95-67-77(84)68-96-102(91,92)98-72-79(70-94-81(86)64-56-48-42-34-37-45-53-61-75(6)7)100-83(88)66-58-50-41-33-27-21-23-29-36-44-52-60-74(4)5/h73-79,84H,9-72H2,1-8H3,(H,89,90)(H,91,92)/t76?,77?,78-,79-/m1/s1. The van der Waals surface area contributed by atoms with E-state index in [1.54, 1.807) is 0 Å². The van der Waals surface area contributed by atoms with Crippen LogP contribution in [0.15, 0.2) is 0 Å². The molecule has 0 aromatic carbocycles. The smallest absolute Gasteiger partial charge is 0.462 e. The molecule has 0 saturated heterocycles. The Morgan fingerprint density at radius 3 is 0.696 bits per heavy atom. The first-order valence-corrected chi connectivity index (χ1v) is 45.7. The van der Waals surface area contributed by atoms with Crippen LogP contribution in [0, 0.1) is 23.7 Å². The van der Waals surface area contributed by atoms with Gasteiger partial charge in [0.15, 0.2) is 12.2 Å². The van der Waals surface area contributed by atoms with Gasteiger partial charge in [-0.1, -0.05) is 376 Å². The molecule has 0 rings (SSSR count). The largest absolute Gasteiger partial charge is 0.472 e. The Hall–Kier alpha value is -1.94. The van der Waals surface area contributed by atoms with E-state index >= 15 is 0 Å². The highest BCUT2D eigenvalue weighted by Gasteiger charge is 2.30. The molecule has 102 heavy (non-hydrogen) atoms. The average molecular weight is 1490 g/mol. The third kappa shape index (κ3) is 74.9. The van der Waals surface area contributed by atoms with Crippen LogP contribution in [0.25, 0.3) is 0 Å². The molecule has 0 heterocycles. The maximum absolute atomic E-state index is 13.1. The highest BCUT2D eigenvalue weighted by Crippen LogP contribution is 2.45. The Balaban J connectivity index is 5.22. The molecule has 0 fully saturated rings. The third-order valence-electron chi connectivity index (χ3n) is 19.7. The van der Waals surface area contributed by atoms with Crippen LogP contribution < -0.4 is 0 Å². The van der Waals surface area contributed by atoms with Crippen molar-refractivity contribution in [2.75, 3.05) is 39.6 Å². The predicted octanol–water partition coefficient (Wildman–Crippen LogP) is 24.8. The lowest BCUT2D eigenvalue weighted by molar-refractivity contribution is -0.161. The fraction of sp³-hybridized carbons (Fsp3) is 0.952. The second kappa shape index (κ2) is 72.0. The summed E-state index contributed by atoms with van der Waals surface area (Å²) in [5, 5.41) is 10.7. The van der Waals surface area contributed by atoms with Crippen LogP contribution >= 0.6 is 15.6 Å². The summed E-state index contributed by atoms with van der Waals surface area (Å²) in [4.78, 5) is 73.1. The second-order valence-corrected chi connectivity index (χ2v) is 34.4. The number of phosphoric acid groups is 2. The molecule has 0 radical (unpaired) electrons. The van der Waals surface area contributed by atoms with Crippen molar-refractivity contribution in [2.45, 2.75) is 446 Å². The van der Waals surface area contributed by atoms with Gasteiger partial charge in [0.2, 0.25) is 0 Å². The molecule has 0 aliphatic carbocycles. The summed E-state index contributed by atoms with van der Waals surface area (Å²) in [6.07, 6.45) is 59.8. The first-order valence-electron chi connectivity index (χ1n) is 42.7. The van der Waals surface area contributed by atoms with Crippen molar-refractivity contribution in [1.29, 1.82) is 0 Å². The number of phosphoric ester groups is 2. The summed E-state index contributed by atoms with van der Waals surface area (Å²) in [6, 6.07) is 0. The number of hydrogen-bond donors (Lipinski definition) is 3. The van der Waals surface area contributed by atoms with Gasteiger partial charge in [-0.25, -0.2) is 9.13 Å². The molecule has 0 aromatic heterocycles. The molecule has 0 saturated carbocycles. The monoisotopic (exact) mass is 1490 g/mol. The minimum Gasteiger partial charge on any atom is -0.462 e. The zero-order valence-electron chi connectivity index (χ0n) is 67.2. The first kappa shape index (κ1) is 100. The van der Waals surface area contributed by atoms with Crippen molar-refractivity contribution in [2.24, 2.45) is 23.7 Å². The number of aliphatic hydroxyl groups excluding tert-OH is 1. The SMILES string of the molecule is CCC(C)CCCCCCCCCCCCCCCCCCCCC(=O)O[C@H](COC(=O)CCCCCCCCCCCCCCCC(C)C)COP(=O)(O)OCC(O)COP(=O)(O)OC[C@@H](COC(=O)CCCCCCCCCC(C)C)OC(=O)CCCCCCCCCCCCCC(C)C. The van der Waals surface area contributed by atoms with Crippen LogP contribution in [0.1, 0.15) is 428 Å². The number of esters is 4. The maximum atomic E-state index is 13.1. The van der Waals surface area contributed by atoms with Crippen LogP contribution in [0.5, 0.6) is 0 Å². The van der Waals surface area contributed by atoms with Gasteiger partial charge in [0.05, 0.1) is 26.4 Å². The average Bonchev–Trinajstić information content (AvgIpc) is 0.915. The fourth-order valence-corrected chi connectivity index (χ4v) is 14.3. The van der Waals surface area contributed by atoms with E-state index < -0.39 is 97.5 Å². The molecule has 19 heteroatoms. The molecule has 3 N–H and O–H groups in total. The maximum Gasteiger partial charge on any atom is 0.472 e. The number of hydrogen-bond acceptors (Lipinski definition) is 15. The molecule has 0 amide bonds. The van der Waals surface area contributed by atoms with Gasteiger partial charge in [0, 0.05) is 25.7 Å². The summed E-state index contributed by atoms with van der Waals surface area (Å²) >= 11 is 0. The van der Waals surface area contributed by atoms with Crippen LogP contribution in [0.4, 0.5) is 0 Å². The minimum absolute atomic E-state index is 0.105. The molecule has 0 aliphatic rings. The quantitative estimate of drug-likeness (QED) is 0.0222. The number of aliphatic hydroxyl groups is 1. The van der Waals surface area contributed by atoms with Gasteiger partial charge in [-0.15, -0.1) is 0 Å². The van der Waals surface area contributed by atoms with E-state index in [0.29, 0.717) is 31.6 Å². The van der Waals surface area contributed by atoms with Gasteiger partial charge >= 0.3 is 39.5 Å². The van der Waals surface area contributed by atoms with E-state index in [1.807, 2.05) is 0 Å². The third-order valence-corrected chi connectivity index (χ3v) is 21.6. The van der Waals surface area contributed by atoms with Gasteiger partial charge in [0.25, 0.3) is 0 Å². The van der Waals surface area contributed by atoms with E-state index in [9.17, 15) is 43.2 Å². The number of ether oxygens (including phenoxy) is 4. The van der Waals surface area contributed by atoms with E-state index in [2.05, 4.69) is 55.4 Å². The Labute approximate surface area is 626 Å². The Morgan fingerprint density at radius 1 is 0.275 bits per heavy atom. The topological polar surface area (TPSA) is 237 Å². The van der Waals surface area contributed by atoms with Crippen LogP contribution in [0.2, 0.25) is 0 Å². The fourth-order valence-electron chi connectivity index (χ4n) is 12.8. The van der Waals surface area contributed by atoms with E-state index in [0.717, 1.165) is 114 Å². The highest BCUT2D eigenvalue weighted by atomic mass is 31.2. The van der Waals surface area contributed by atoms with Crippen molar-refractivity contribution < 1.29 is 80.2 Å². The molecule has 17 nitrogen and oxygen atoms in total. The predicted molar refractivity (Wildman–Crippen MR) is 418 cm³/mol. The molecular weight excluding hydrogens is 1330 g/mol. The second-order valence-electron chi connectivity index (χ2n) is 31.5. The molecule has 0 aliphatic heterocycles. The van der Waals surface area contributed by atoms with Gasteiger partial charge in [0.1, 0.15) is 19.3 Å². The number of unbranched alkanes of at least 4 members (excludes halogenated alkanes) is 45. The molecule has 0 spiro atoms. The minimum atomic E-state index is -4.96. The molecular formula is C83H162O17P2. The summed E-state index contributed by atoms with van der Waals surface area (Å²) in [7, 11) is -9.92. The molecule has 0 bridgehead atoms. The van der Waals surface area contributed by atoms with Crippen molar-refractivity contribution in [3.05, 3.63) is 0 Å². The number of carbonyl (C=O) groups is 4. The van der Waals surface area contributed by atoms with E-state index in [1.165, 1.54) is 225 Å². The first-order chi connectivity index (χ1) is 49.1. The Bertz CT molecular complexity index is 1990. The molecule has 0 aromatic rings. The van der Waals surface area contributed by atoms with Crippen molar-refractivity contribution in [1.82, 2.24) is 0 Å². The normalized spacial score (nSPS) is 14.3. The van der Waals surface area contributed by atoms with Crippen LogP contribution in [-0.2, 0) is 65.4 Å². The summed E-state index contributed by atoms with van der Waals surface area (Å²) < 4.78 is 68.8.